The van der Waals surface area contributed by atoms with Crippen LogP contribution in [0.25, 0.3) is 11.4 Å². The molecule has 1 unspecified atom stereocenters. The van der Waals surface area contributed by atoms with E-state index in [1.807, 2.05) is 24.3 Å². The Morgan fingerprint density at radius 3 is 2.96 bits per heavy atom. The van der Waals surface area contributed by atoms with Gasteiger partial charge in [0.05, 0.1) is 13.0 Å². The highest BCUT2D eigenvalue weighted by Gasteiger charge is 2.28. The first-order valence-corrected chi connectivity index (χ1v) is 8.41. The van der Waals surface area contributed by atoms with E-state index in [2.05, 4.69) is 32.2 Å². The lowest BCUT2D eigenvalue weighted by Crippen LogP contribution is -2.19. The Balaban J connectivity index is 1.41. The third-order valence-electron chi connectivity index (χ3n) is 4.54. The number of hydrogen-bond donors (Lipinski definition) is 0. The SMILES string of the molecule is COc1cccc(CN2CCC(c3nc(-c4ccncc4)no3)C2)c1. The molecular weight excluding hydrogens is 316 g/mol. The number of methoxy groups -OCH3 is 1. The van der Waals surface area contributed by atoms with Gasteiger partial charge >= 0.3 is 0 Å². The number of pyridine rings is 1. The van der Waals surface area contributed by atoms with E-state index in [9.17, 15) is 0 Å². The van der Waals surface area contributed by atoms with E-state index in [1.165, 1.54) is 5.56 Å². The predicted octanol–water partition coefficient (Wildman–Crippen LogP) is 3.13. The summed E-state index contributed by atoms with van der Waals surface area (Å²) in [6.07, 6.45) is 4.50. The average Bonchev–Trinajstić information content (AvgIpc) is 3.32. The Bertz CT molecular complexity index is 834. The summed E-state index contributed by atoms with van der Waals surface area (Å²) in [5.74, 6) is 2.53. The van der Waals surface area contributed by atoms with Gasteiger partial charge in [-0.05, 0) is 42.8 Å². The predicted molar refractivity (Wildman–Crippen MR) is 93.2 cm³/mol. The maximum Gasteiger partial charge on any atom is 0.231 e. The third kappa shape index (κ3) is 3.53. The highest BCUT2D eigenvalue weighted by atomic mass is 16.5. The fraction of sp³-hybridized carbons (Fsp3) is 0.316. The molecule has 0 N–H and O–H groups in total. The number of ether oxygens (including phenoxy) is 1. The van der Waals surface area contributed by atoms with Gasteiger partial charge in [-0.15, -0.1) is 0 Å². The molecule has 1 fully saturated rings. The topological polar surface area (TPSA) is 64.3 Å². The van der Waals surface area contributed by atoms with E-state index >= 15 is 0 Å². The zero-order valence-corrected chi connectivity index (χ0v) is 14.1. The fourth-order valence-electron chi connectivity index (χ4n) is 3.23. The van der Waals surface area contributed by atoms with Gasteiger partial charge in [0, 0.05) is 31.0 Å². The molecule has 0 bridgehead atoms. The molecular formula is C19H20N4O2. The molecule has 3 heterocycles. The fourth-order valence-corrected chi connectivity index (χ4v) is 3.23. The summed E-state index contributed by atoms with van der Waals surface area (Å²) < 4.78 is 10.8. The van der Waals surface area contributed by atoms with E-state index in [1.54, 1.807) is 19.5 Å². The minimum Gasteiger partial charge on any atom is -0.497 e. The minimum atomic E-state index is 0.286. The van der Waals surface area contributed by atoms with Crippen LogP contribution in [0.4, 0.5) is 0 Å². The largest absolute Gasteiger partial charge is 0.497 e. The molecule has 128 valence electrons. The lowest BCUT2D eigenvalue weighted by molar-refractivity contribution is 0.308. The van der Waals surface area contributed by atoms with Gasteiger partial charge in [-0.1, -0.05) is 17.3 Å². The molecule has 0 saturated carbocycles. The first kappa shape index (κ1) is 15.8. The van der Waals surface area contributed by atoms with E-state index in [0.717, 1.165) is 43.3 Å². The first-order chi connectivity index (χ1) is 12.3. The molecule has 3 aromatic rings. The molecule has 1 aliphatic heterocycles. The minimum absolute atomic E-state index is 0.286. The summed E-state index contributed by atoms with van der Waals surface area (Å²) in [5, 5.41) is 4.11. The lowest BCUT2D eigenvalue weighted by atomic mass is 10.1. The molecule has 1 atom stereocenters. The molecule has 4 rings (SSSR count). The van der Waals surface area contributed by atoms with Crippen LogP contribution < -0.4 is 4.74 Å². The molecule has 1 aliphatic rings. The van der Waals surface area contributed by atoms with Gasteiger partial charge in [-0.25, -0.2) is 0 Å². The Morgan fingerprint density at radius 2 is 2.12 bits per heavy atom. The summed E-state index contributed by atoms with van der Waals surface area (Å²) in [6, 6.07) is 12.0. The van der Waals surface area contributed by atoms with Crippen LogP contribution in [0.15, 0.2) is 53.3 Å². The number of rotatable bonds is 5. The van der Waals surface area contributed by atoms with Crippen molar-refractivity contribution in [2.75, 3.05) is 20.2 Å². The van der Waals surface area contributed by atoms with Crippen LogP contribution in [0, 0.1) is 0 Å². The van der Waals surface area contributed by atoms with E-state index < -0.39 is 0 Å². The molecule has 1 aromatic carbocycles. The summed E-state index contributed by atoms with van der Waals surface area (Å²) in [4.78, 5) is 11.0. The third-order valence-corrected chi connectivity index (χ3v) is 4.54. The quantitative estimate of drug-likeness (QED) is 0.713. The molecule has 0 amide bonds. The van der Waals surface area contributed by atoms with Crippen molar-refractivity contribution in [3.05, 3.63) is 60.2 Å². The van der Waals surface area contributed by atoms with Crippen molar-refractivity contribution in [2.24, 2.45) is 0 Å². The zero-order chi connectivity index (χ0) is 17.1. The Labute approximate surface area is 146 Å². The van der Waals surface area contributed by atoms with Gasteiger partial charge in [-0.2, -0.15) is 4.98 Å². The standard InChI is InChI=1S/C19H20N4O2/c1-24-17-4-2-3-14(11-17)12-23-10-7-16(13-23)19-21-18(22-25-19)15-5-8-20-9-6-15/h2-6,8-9,11,16H,7,10,12-13H2,1H3. The molecule has 6 heteroatoms. The molecule has 0 aliphatic carbocycles. The summed E-state index contributed by atoms with van der Waals surface area (Å²) in [6.45, 7) is 2.85. The van der Waals surface area contributed by atoms with Gasteiger partial charge in [0.15, 0.2) is 0 Å². The van der Waals surface area contributed by atoms with Crippen LogP contribution >= 0.6 is 0 Å². The second-order valence-corrected chi connectivity index (χ2v) is 6.26. The molecule has 0 radical (unpaired) electrons. The van der Waals surface area contributed by atoms with Crippen LogP contribution in [0.2, 0.25) is 0 Å². The Hall–Kier alpha value is -2.73. The Morgan fingerprint density at radius 1 is 1.24 bits per heavy atom. The monoisotopic (exact) mass is 336 g/mol. The summed E-state index contributed by atoms with van der Waals surface area (Å²) in [7, 11) is 1.70. The van der Waals surface area contributed by atoms with Crippen LogP contribution in [0.5, 0.6) is 5.75 Å². The molecule has 2 aromatic heterocycles. The van der Waals surface area contributed by atoms with Crippen LogP contribution in [0.1, 0.15) is 23.8 Å². The summed E-state index contributed by atoms with van der Waals surface area (Å²) in [5.41, 5.74) is 2.18. The van der Waals surface area contributed by atoms with Crippen LogP contribution in [-0.4, -0.2) is 40.2 Å². The number of hydrogen-bond acceptors (Lipinski definition) is 6. The first-order valence-electron chi connectivity index (χ1n) is 8.41. The molecule has 0 spiro atoms. The van der Waals surface area contributed by atoms with E-state index in [0.29, 0.717) is 5.82 Å². The van der Waals surface area contributed by atoms with Crippen molar-refractivity contribution < 1.29 is 9.26 Å². The van der Waals surface area contributed by atoms with Gasteiger partial charge in [0.1, 0.15) is 5.75 Å². The van der Waals surface area contributed by atoms with Crippen LogP contribution in [0.3, 0.4) is 0 Å². The van der Waals surface area contributed by atoms with Crippen molar-refractivity contribution in [2.45, 2.75) is 18.9 Å². The van der Waals surface area contributed by atoms with Crippen molar-refractivity contribution in [3.63, 3.8) is 0 Å². The van der Waals surface area contributed by atoms with E-state index in [-0.39, 0.29) is 5.92 Å². The molecule has 1 saturated heterocycles. The van der Waals surface area contributed by atoms with Crippen molar-refractivity contribution in [1.29, 1.82) is 0 Å². The number of benzene rings is 1. The van der Waals surface area contributed by atoms with Gasteiger partial charge in [0.25, 0.3) is 0 Å². The maximum atomic E-state index is 5.51. The smallest absolute Gasteiger partial charge is 0.231 e. The number of nitrogens with zero attached hydrogens (tertiary/aromatic N) is 4. The molecule has 6 nitrogen and oxygen atoms in total. The second-order valence-electron chi connectivity index (χ2n) is 6.26. The number of aromatic nitrogens is 3. The Kier molecular flexibility index (Phi) is 4.43. The number of likely N-dealkylation sites (tertiary alicyclic amines) is 1. The van der Waals surface area contributed by atoms with Crippen molar-refractivity contribution >= 4 is 0 Å². The average molecular weight is 336 g/mol. The normalized spacial score (nSPS) is 17.7. The van der Waals surface area contributed by atoms with Crippen molar-refractivity contribution in [3.8, 4) is 17.1 Å². The van der Waals surface area contributed by atoms with Gasteiger partial charge in [0.2, 0.25) is 11.7 Å². The van der Waals surface area contributed by atoms with Crippen LogP contribution in [-0.2, 0) is 6.54 Å². The molecule has 25 heavy (non-hydrogen) atoms. The highest BCUT2D eigenvalue weighted by molar-refractivity contribution is 5.52. The lowest BCUT2D eigenvalue weighted by Gasteiger charge is -2.15. The maximum absolute atomic E-state index is 5.51. The zero-order valence-electron chi connectivity index (χ0n) is 14.1. The second kappa shape index (κ2) is 7.03. The highest BCUT2D eigenvalue weighted by Crippen LogP contribution is 2.29. The summed E-state index contributed by atoms with van der Waals surface area (Å²) >= 11 is 0. The van der Waals surface area contributed by atoms with Gasteiger partial charge in [-0.3, -0.25) is 9.88 Å². The van der Waals surface area contributed by atoms with E-state index in [4.69, 9.17) is 9.26 Å². The van der Waals surface area contributed by atoms with Gasteiger partial charge < -0.3 is 9.26 Å². The van der Waals surface area contributed by atoms with Crippen molar-refractivity contribution in [1.82, 2.24) is 20.0 Å².